The van der Waals surface area contributed by atoms with Crippen molar-refractivity contribution < 1.29 is 13.2 Å². The van der Waals surface area contributed by atoms with Crippen molar-refractivity contribution in [3.8, 4) is 6.01 Å². The SMILES string of the molecule is CCOc1n[nH]c(NS(=O)(=O)CCc2ccccn2)n1. The third kappa shape index (κ3) is 4.19. The van der Waals surface area contributed by atoms with Gasteiger partial charge in [-0.3, -0.25) is 9.71 Å². The van der Waals surface area contributed by atoms with Gasteiger partial charge in [-0.05, 0) is 19.1 Å². The van der Waals surface area contributed by atoms with Gasteiger partial charge in [0.25, 0.3) is 0 Å². The highest BCUT2D eigenvalue weighted by atomic mass is 32.2. The number of nitrogens with one attached hydrogen (secondary N) is 2. The maximum absolute atomic E-state index is 11.9. The van der Waals surface area contributed by atoms with Crippen molar-refractivity contribution in [2.75, 3.05) is 17.1 Å². The lowest BCUT2D eigenvalue weighted by atomic mass is 10.3. The Bertz CT molecular complexity index is 641. The van der Waals surface area contributed by atoms with E-state index in [4.69, 9.17) is 4.74 Å². The second kappa shape index (κ2) is 6.33. The molecule has 8 nitrogen and oxygen atoms in total. The van der Waals surface area contributed by atoms with Gasteiger partial charge in [0.15, 0.2) is 0 Å². The van der Waals surface area contributed by atoms with E-state index < -0.39 is 10.0 Å². The first-order valence-corrected chi connectivity index (χ1v) is 7.70. The minimum atomic E-state index is -3.51. The number of aromatic nitrogens is 4. The summed E-state index contributed by atoms with van der Waals surface area (Å²) < 4.78 is 31.1. The van der Waals surface area contributed by atoms with E-state index in [2.05, 4.69) is 24.9 Å². The summed E-state index contributed by atoms with van der Waals surface area (Å²) in [5.41, 5.74) is 0.713. The molecule has 0 bridgehead atoms. The predicted molar refractivity (Wildman–Crippen MR) is 72.9 cm³/mol. The summed E-state index contributed by atoms with van der Waals surface area (Å²) in [6.45, 7) is 2.19. The topological polar surface area (TPSA) is 110 Å². The van der Waals surface area contributed by atoms with Crippen molar-refractivity contribution in [3.05, 3.63) is 30.1 Å². The van der Waals surface area contributed by atoms with Crippen LogP contribution in [0.3, 0.4) is 0 Å². The van der Waals surface area contributed by atoms with Gasteiger partial charge in [0.1, 0.15) is 0 Å². The molecule has 0 amide bonds. The number of anilines is 1. The van der Waals surface area contributed by atoms with Crippen molar-refractivity contribution in [1.82, 2.24) is 20.2 Å². The number of nitrogens with zero attached hydrogens (tertiary/aromatic N) is 3. The van der Waals surface area contributed by atoms with Gasteiger partial charge in [-0.25, -0.2) is 13.5 Å². The van der Waals surface area contributed by atoms with E-state index in [0.717, 1.165) is 0 Å². The van der Waals surface area contributed by atoms with E-state index in [1.807, 2.05) is 6.07 Å². The average molecular weight is 297 g/mol. The number of aryl methyl sites for hydroxylation is 1. The number of sulfonamides is 1. The van der Waals surface area contributed by atoms with Crippen molar-refractivity contribution in [2.45, 2.75) is 13.3 Å². The van der Waals surface area contributed by atoms with Crippen molar-refractivity contribution in [1.29, 1.82) is 0 Å². The number of H-pyrrole nitrogens is 1. The standard InChI is InChI=1S/C11H15N5O3S/c1-2-19-11-13-10(14-15-11)16-20(17,18)8-6-9-5-3-4-7-12-9/h3-5,7H,2,6,8H2,1H3,(H2,13,14,15,16). The van der Waals surface area contributed by atoms with E-state index in [-0.39, 0.29) is 17.7 Å². The summed E-state index contributed by atoms with van der Waals surface area (Å²) in [4.78, 5) is 7.91. The highest BCUT2D eigenvalue weighted by Crippen LogP contribution is 2.08. The maximum atomic E-state index is 11.9. The van der Waals surface area contributed by atoms with Crippen LogP contribution in [0.5, 0.6) is 6.01 Å². The monoisotopic (exact) mass is 297 g/mol. The summed E-state index contributed by atoms with van der Waals surface area (Å²) in [5, 5.41) is 6.16. The Morgan fingerprint density at radius 3 is 2.95 bits per heavy atom. The summed E-state index contributed by atoms with van der Waals surface area (Å²) >= 11 is 0. The van der Waals surface area contributed by atoms with Gasteiger partial charge >= 0.3 is 6.01 Å². The molecular weight excluding hydrogens is 282 g/mol. The van der Waals surface area contributed by atoms with Gasteiger partial charge in [0.2, 0.25) is 16.0 Å². The first kappa shape index (κ1) is 14.3. The fraction of sp³-hybridized carbons (Fsp3) is 0.364. The van der Waals surface area contributed by atoms with Crippen molar-refractivity contribution in [3.63, 3.8) is 0 Å². The van der Waals surface area contributed by atoms with Crippen LogP contribution in [0.15, 0.2) is 24.4 Å². The summed E-state index contributed by atoms with van der Waals surface area (Å²) in [7, 11) is -3.51. The molecule has 0 aliphatic rings. The van der Waals surface area contributed by atoms with Crippen LogP contribution in [-0.4, -0.2) is 40.9 Å². The lowest BCUT2D eigenvalue weighted by Crippen LogP contribution is -2.19. The fourth-order valence-corrected chi connectivity index (χ4v) is 2.43. The van der Waals surface area contributed by atoms with Gasteiger partial charge in [-0.15, -0.1) is 5.10 Å². The molecule has 0 radical (unpaired) electrons. The van der Waals surface area contributed by atoms with Crippen LogP contribution in [0.4, 0.5) is 5.95 Å². The molecule has 2 aromatic heterocycles. The molecule has 2 rings (SSSR count). The van der Waals surface area contributed by atoms with E-state index >= 15 is 0 Å². The summed E-state index contributed by atoms with van der Waals surface area (Å²) in [6.07, 6.45) is 1.95. The molecule has 0 fully saturated rings. The fourth-order valence-electron chi connectivity index (χ4n) is 1.47. The number of aromatic amines is 1. The Morgan fingerprint density at radius 1 is 1.40 bits per heavy atom. The van der Waals surface area contributed by atoms with Gasteiger partial charge < -0.3 is 4.74 Å². The van der Waals surface area contributed by atoms with E-state index in [1.54, 1.807) is 25.3 Å². The van der Waals surface area contributed by atoms with Crippen LogP contribution in [0.25, 0.3) is 0 Å². The lowest BCUT2D eigenvalue weighted by Gasteiger charge is -2.04. The largest absolute Gasteiger partial charge is 0.463 e. The van der Waals surface area contributed by atoms with Crippen molar-refractivity contribution >= 4 is 16.0 Å². The number of hydrogen-bond acceptors (Lipinski definition) is 6. The van der Waals surface area contributed by atoms with Gasteiger partial charge in [-0.1, -0.05) is 6.07 Å². The molecule has 108 valence electrons. The second-order valence-corrected chi connectivity index (χ2v) is 5.73. The Labute approximate surface area is 116 Å². The van der Waals surface area contributed by atoms with E-state index in [9.17, 15) is 8.42 Å². The third-order valence-electron chi connectivity index (χ3n) is 2.34. The number of ether oxygens (including phenoxy) is 1. The number of pyridine rings is 1. The highest BCUT2D eigenvalue weighted by molar-refractivity contribution is 7.92. The molecule has 2 N–H and O–H groups in total. The Morgan fingerprint density at radius 2 is 2.25 bits per heavy atom. The van der Waals surface area contributed by atoms with E-state index in [1.165, 1.54) is 0 Å². The molecule has 0 aliphatic carbocycles. The molecule has 0 spiro atoms. The number of hydrogen-bond donors (Lipinski definition) is 2. The van der Waals surface area contributed by atoms with Crippen LogP contribution >= 0.6 is 0 Å². The second-order valence-electron chi connectivity index (χ2n) is 3.89. The minimum absolute atomic E-state index is 0.0365. The Kier molecular flexibility index (Phi) is 4.51. The predicted octanol–water partition coefficient (Wildman–Crippen LogP) is 0.583. The number of rotatable bonds is 7. The van der Waals surface area contributed by atoms with Gasteiger partial charge in [-0.2, -0.15) is 4.98 Å². The van der Waals surface area contributed by atoms with Crippen LogP contribution in [0.1, 0.15) is 12.6 Å². The average Bonchev–Trinajstić information content (AvgIpc) is 2.85. The van der Waals surface area contributed by atoms with E-state index in [0.29, 0.717) is 18.7 Å². The molecule has 0 atom stereocenters. The maximum Gasteiger partial charge on any atom is 0.337 e. The smallest absolute Gasteiger partial charge is 0.337 e. The molecule has 0 saturated carbocycles. The molecule has 20 heavy (non-hydrogen) atoms. The van der Waals surface area contributed by atoms with Crippen LogP contribution in [-0.2, 0) is 16.4 Å². The third-order valence-corrected chi connectivity index (χ3v) is 3.59. The van der Waals surface area contributed by atoms with Gasteiger partial charge in [0.05, 0.1) is 12.4 Å². The first-order chi connectivity index (χ1) is 9.59. The van der Waals surface area contributed by atoms with Crippen LogP contribution < -0.4 is 9.46 Å². The summed E-state index contributed by atoms with van der Waals surface area (Å²) in [6, 6.07) is 5.47. The van der Waals surface area contributed by atoms with Crippen molar-refractivity contribution in [2.24, 2.45) is 0 Å². The zero-order chi connectivity index (χ0) is 14.4. The lowest BCUT2D eigenvalue weighted by molar-refractivity contribution is 0.314. The zero-order valence-corrected chi connectivity index (χ0v) is 11.7. The first-order valence-electron chi connectivity index (χ1n) is 6.04. The molecule has 0 saturated heterocycles. The molecule has 0 aliphatic heterocycles. The molecule has 0 unspecified atom stereocenters. The quantitative estimate of drug-likeness (QED) is 0.773. The minimum Gasteiger partial charge on any atom is -0.463 e. The Balaban J connectivity index is 1.93. The van der Waals surface area contributed by atoms with Crippen LogP contribution in [0, 0.1) is 0 Å². The van der Waals surface area contributed by atoms with Gasteiger partial charge in [0, 0.05) is 18.3 Å². The zero-order valence-electron chi connectivity index (χ0n) is 10.9. The Hall–Kier alpha value is -2.16. The molecule has 2 heterocycles. The molecule has 9 heteroatoms. The summed E-state index contributed by atoms with van der Waals surface area (Å²) in [5.74, 6) is -0.0521. The van der Waals surface area contributed by atoms with Crippen LogP contribution in [0.2, 0.25) is 0 Å². The molecular formula is C11H15N5O3S. The molecule has 2 aromatic rings. The highest BCUT2D eigenvalue weighted by Gasteiger charge is 2.14. The normalized spacial score (nSPS) is 11.2. The molecule has 0 aromatic carbocycles.